The van der Waals surface area contributed by atoms with Crippen molar-refractivity contribution >= 4 is 11.5 Å². The number of rotatable bonds is 3. The van der Waals surface area contributed by atoms with Gasteiger partial charge in [-0.3, -0.25) is 15.5 Å². The summed E-state index contributed by atoms with van der Waals surface area (Å²) in [5.74, 6) is 0.175. The zero-order valence-electron chi connectivity index (χ0n) is 10.5. The van der Waals surface area contributed by atoms with Crippen molar-refractivity contribution in [2.75, 3.05) is 38.7 Å². The van der Waals surface area contributed by atoms with Gasteiger partial charge in [0.05, 0.1) is 10.5 Å². The quantitative estimate of drug-likeness (QED) is 0.623. The van der Waals surface area contributed by atoms with E-state index in [9.17, 15) is 10.1 Å². The second-order valence-corrected chi connectivity index (χ2v) is 4.36. The molecule has 0 unspecified atom stereocenters. The molecule has 1 aromatic rings. The highest BCUT2D eigenvalue weighted by molar-refractivity contribution is 5.57. The lowest BCUT2D eigenvalue weighted by molar-refractivity contribution is -0.384. The van der Waals surface area contributed by atoms with Crippen molar-refractivity contribution in [3.05, 3.63) is 27.9 Å². The van der Waals surface area contributed by atoms with E-state index < -0.39 is 4.92 Å². The first-order valence-corrected chi connectivity index (χ1v) is 5.85. The fourth-order valence-electron chi connectivity index (χ4n) is 1.81. The van der Waals surface area contributed by atoms with E-state index in [1.807, 2.05) is 18.1 Å². The highest BCUT2D eigenvalue weighted by atomic mass is 16.6. The minimum Gasteiger partial charge on any atom is -0.304 e. The minimum atomic E-state index is -0.535. The Hall–Kier alpha value is -2.24. The first kappa shape index (κ1) is 13.2. The minimum absolute atomic E-state index is 0.175. The largest absolute Gasteiger partial charge is 0.314 e. The van der Waals surface area contributed by atoms with Crippen molar-refractivity contribution in [1.29, 1.82) is 5.26 Å². The molecule has 1 fully saturated rings. The number of hydrazine groups is 1. The van der Waals surface area contributed by atoms with Crippen LogP contribution in [0.3, 0.4) is 0 Å². The molecule has 0 radical (unpaired) electrons. The van der Waals surface area contributed by atoms with Gasteiger partial charge in [-0.25, -0.2) is 9.99 Å². The lowest BCUT2D eigenvalue weighted by Gasteiger charge is -2.32. The van der Waals surface area contributed by atoms with E-state index in [2.05, 4.69) is 15.3 Å². The number of aromatic nitrogens is 1. The number of nitriles is 1. The Morgan fingerprint density at radius 2 is 2.16 bits per heavy atom. The molecule has 2 heterocycles. The van der Waals surface area contributed by atoms with Gasteiger partial charge in [0.1, 0.15) is 6.07 Å². The number of nitrogens with one attached hydrogen (secondary N) is 1. The average molecular weight is 262 g/mol. The van der Waals surface area contributed by atoms with Crippen molar-refractivity contribution in [2.45, 2.75) is 0 Å². The Balaban J connectivity index is 2.16. The Bertz CT molecular complexity index is 518. The average Bonchev–Trinajstić information content (AvgIpc) is 2.41. The van der Waals surface area contributed by atoms with Crippen molar-refractivity contribution in [2.24, 2.45) is 0 Å². The zero-order valence-corrected chi connectivity index (χ0v) is 10.5. The number of hydrogen-bond acceptors (Lipinski definition) is 7. The summed E-state index contributed by atoms with van der Waals surface area (Å²) in [6.45, 7) is 3.29. The van der Waals surface area contributed by atoms with Gasteiger partial charge in [-0.15, -0.1) is 0 Å². The van der Waals surface area contributed by atoms with Crippen LogP contribution in [0.15, 0.2) is 12.3 Å². The highest BCUT2D eigenvalue weighted by Crippen LogP contribution is 2.23. The number of pyridine rings is 1. The molecule has 1 saturated heterocycles. The van der Waals surface area contributed by atoms with Gasteiger partial charge in [-0.05, 0) is 7.05 Å². The molecule has 2 rings (SSSR count). The summed E-state index contributed by atoms with van der Waals surface area (Å²) in [5.41, 5.74) is 2.94. The molecule has 19 heavy (non-hydrogen) atoms. The molecule has 0 amide bonds. The summed E-state index contributed by atoms with van der Waals surface area (Å²) in [7, 11) is 2.03. The van der Waals surface area contributed by atoms with E-state index in [1.54, 1.807) is 0 Å². The van der Waals surface area contributed by atoms with Gasteiger partial charge in [-0.1, -0.05) is 0 Å². The molecule has 1 aromatic heterocycles. The van der Waals surface area contributed by atoms with E-state index >= 15 is 0 Å². The molecule has 100 valence electrons. The van der Waals surface area contributed by atoms with Crippen molar-refractivity contribution in [1.82, 2.24) is 14.9 Å². The van der Waals surface area contributed by atoms with E-state index in [0.29, 0.717) is 0 Å². The summed E-state index contributed by atoms with van der Waals surface area (Å²) in [6, 6.07) is 3.07. The van der Waals surface area contributed by atoms with E-state index in [1.165, 1.54) is 12.3 Å². The van der Waals surface area contributed by atoms with E-state index in [4.69, 9.17) is 5.26 Å². The highest BCUT2D eigenvalue weighted by Gasteiger charge is 2.20. The fraction of sp³-hybridized carbons (Fsp3) is 0.455. The number of piperazine rings is 1. The van der Waals surface area contributed by atoms with Crippen LogP contribution in [0, 0.1) is 21.4 Å². The number of nitro groups is 1. The first-order valence-electron chi connectivity index (χ1n) is 5.85. The molecular weight excluding hydrogens is 248 g/mol. The molecule has 1 aliphatic heterocycles. The molecule has 0 saturated carbocycles. The van der Waals surface area contributed by atoms with Gasteiger partial charge in [0.2, 0.25) is 5.82 Å². The molecule has 0 atom stereocenters. The maximum atomic E-state index is 11.0. The third kappa shape index (κ3) is 3.15. The number of hydrogen-bond donors (Lipinski definition) is 1. The zero-order chi connectivity index (χ0) is 13.8. The summed E-state index contributed by atoms with van der Waals surface area (Å²) >= 11 is 0. The molecule has 1 aliphatic rings. The SMILES string of the molecule is CN1CCN(Nc2ncc(C#N)cc2[N+](=O)[O-])CC1. The second-order valence-electron chi connectivity index (χ2n) is 4.36. The van der Waals surface area contributed by atoms with Crippen LogP contribution >= 0.6 is 0 Å². The van der Waals surface area contributed by atoms with Crippen LogP contribution < -0.4 is 5.43 Å². The monoisotopic (exact) mass is 262 g/mol. The number of likely N-dealkylation sites (N-methyl/N-ethyl adjacent to an activating group) is 1. The van der Waals surface area contributed by atoms with Gasteiger partial charge in [0.25, 0.3) is 0 Å². The van der Waals surface area contributed by atoms with Gasteiger partial charge < -0.3 is 4.90 Å². The summed E-state index contributed by atoms with van der Waals surface area (Å²) < 4.78 is 0. The Labute approximate surface area is 110 Å². The maximum absolute atomic E-state index is 11.0. The van der Waals surface area contributed by atoms with Gasteiger partial charge in [0.15, 0.2) is 0 Å². The second kappa shape index (κ2) is 5.60. The number of anilines is 1. The van der Waals surface area contributed by atoms with Crippen LogP contribution in [0.4, 0.5) is 11.5 Å². The Morgan fingerprint density at radius 3 is 2.74 bits per heavy atom. The van der Waals surface area contributed by atoms with E-state index in [0.717, 1.165) is 26.2 Å². The molecular formula is C11H14N6O2. The van der Waals surface area contributed by atoms with Crippen LogP contribution in [0.25, 0.3) is 0 Å². The van der Waals surface area contributed by atoms with Crippen LogP contribution in [0.5, 0.6) is 0 Å². The summed E-state index contributed by atoms with van der Waals surface area (Å²) in [5, 5.41) is 21.6. The van der Waals surface area contributed by atoms with Crippen molar-refractivity contribution in [3.8, 4) is 6.07 Å². The number of nitrogens with zero attached hydrogens (tertiary/aromatic N) is 5. The molecule has 0 spiro atoms. The fourth-order valence-corrected chi connectivity index (χ4v) is 1.81. The molecule has 8 heteroatoms. The first-order chi connectivity index (χ1) is 9.10. The predicted octanol–water partition coefficient (Wildman–Crippen LogP) is 0.436. The van der Waals surface area contributed by atoms with Crippen LogP contribution in [-0.4, -0.2) is 53.0 Å². The summed E-state index contributed by atoms with van der Waals surface area (Å²) in [4.78, 5) is 16.6. The molecule has 1 N–H and O–H groups in total. The smallest absolute Gasteiger partial charge is 0.304 e. The van der Waals surface area contributed by atoms with Crippen LogP contribution in [-0.2, 0) is 0 Å². The third-order valence-corrected chi connectivity index (χ3v) is 2.96. The van der Waals surface area contributed by atoms with Crippen molar-refractivity contribution in [3.63, 3.8) is 0 Å². The normalized spacial score (nSPS) is 16.8. The lowest BCUT2D eigenvalue weighted by atomic mass is 10.3. The maximum Gasteiger partial charge on any atom is 0.314 e. The van der Waals surface area contributed by atoms with Gasteiger partial charge in [0, 0.05) is 38.4 Å². The molecule has 0 aliphatic carbocycles. The topological polar surface area (TPSA) is 98.3 Å². The molecule has 0 bridgehead atoms. The standard InChI is InChI=1S/C11H14N6O2/c1-15-2-4-16(5-3-15)14-11-10(17(18)19)6-9(7-12)8-13-11/h6,8H,2-5H2,1H3,(H,13,14). The predicted molar refractivity (Wildman–Crippen MR) is 68.3 cm³/mol. The summed E-state index contributed by atoms with van der Waals surface area (Å²) in [6.07, 6.45) is 1.32. The van der Waals surface area contributed by atoms with Crippen LogP contribution in [0.1, 0.15) is 5.56 Å². The van der Waals surface area contributed by atoms with Gasteiger partial charge >= 0.3 is 5.69 Å². The third-order valence-electron chi connectivity index (χ3n) is 2.96. The van der Waals surface area contributed by atoms with Gasteiger partial charge in [-0.2, -0.15) is 5.26 Å². The lowest BCUT2D eigenvalue weighted by Crippen LogP contribution is -2.47. The molecule has 0 aromatic carbocycles. The Morgan fingerprint density at radius 1 is 1.47 bits per heavy atom. The Kier molecular flexibility index (Phi) is 3.89. The van der Waals surface area contributed by atoms with Crippen LogP contribution in [0.2, 0.25) is 0 Å². The van der Waals surface area contributed by atoms with E-state index in [-0.39, 0.29) is 17.1 Å². The van der Waals surface area contributed by atoms with Crippen molar-refractivity contribution < 1.29 is 4.92 Å². The molecule has 8 nitrogen and oxygen atoms in total.